The number of hydrogen-bond donors (Lipinski definition) is 1. The molecule has 0 heterocycles. The Bertz CT molecular complexity index is 227. The Hall–Kier alpha value is -0.0800. The third-order valence-electron chi connectivity index (χ3n) is 4.25. The monoisotopic (exact) mass is 241 g/mol. The van der Waals surface area contributed by atoms with Crippen LogP contribution in [-0.4, -0.2) is 18.8 Å². The molecule has 4 unspecified atom stereocenters. The predicted octanol–water partition coefficient (Wildman–Crippen LogP) is 3.59. The molecule has 0 aromatic rings. The number of nitrogens with two attached hydrogens (primary N) is 1. The quantitative estimate of drug-likeness (QED) is 0.798. The summed E-state index contributed by atoms with van der Waals surface area (Å²) >= 11 is 0. The summed E-state index contributed by atoms with van der Waals surface area (Å²) in [6.45, 7) is 12.2. The second kappa shape index (κ2) is 6.19. The van der Waals surface area contributed by atoms with Crippen molar-refractivity contribution in [3.63, 3.8) is 0 Å². The first-order chi connectivity index (χ1) is 7.84. The standard InChI is InChI=1S/C15H31NO/c1-6-12(3)14(16)10-17-13-7-11(2)8-15(4,5)9-13/h11-14H,6-10,16H2,1-5H3. The fraction of sp³-hybridized carbons (Fsp3) is 1.00. The van der Waals surface area contributed by atoms with Crippen molar-refractivity contribution in [2.45, 2.75) is 72.4 Å². The minimum absolute atomic E-state index is 0.195. The Morgan fingerprint density at radius 2 is 2.00 bits per heavy atom. The second-order valence-electron chi connectivity index (χ2n) is 6.92. The maximum Gasteiger partial charge on any atom is 0.0623 e. The minimum atomic E-state index is 0.195. The van der Waals surface area contributed by atoms with Crippen LogP contribution in [0.25, 0.3) is 0 Å². The van der Waals surface area contributed by atoms with Gasteiger partial charge in [0, 0.05) is 6.04 Å². The van der Waals surface area contributed by atoms with E-state index in [2.05, 4.69) is 34.6 Å². The van der Waals surface area contributed by atoms with Gasteiger partial charge in [-0.25, -0.2) is 0 Å². The van der Waals surface area contributed by atoms with E-state index in [1.54, 1.807) is 0 Å². The highest BCUT2D eigenvalue weighted by Crippen LogP contribution is 2.39. The Labute approximate surface area is 107 Å². The lowest BCUT2D eigenvalue weighted by atomic mass is 9.71. The Balaban J connectivity index is 2.36. The highest BCUT2D eigenvalue weighted by Gasteiger charge is 2.32. The van der Waals surface area contributed by atoms with Crippen LogP contribution in [-0.2, 0) is 4.74 Å². The van der Waals surface area contributed by atoms with E-state index in [1.807, 2.05) is 0 Å². The molecule has 0 aromatic heterocycles. The van der Waals surface area contributed by atoms with Gasteiger partial charge in [-0.3, -0.25) is 0 Å². The summed E-state index contributed by atoms with van der Waals surface area (Å²) in [7, 11) is 0. The lowest BCUT2D eigenvalue weighted by molar-refractivity contribution is -0.0316. The summed E-state index contributed by atoms with van der Waals surface area (Å²) in [5, 5.41) is 0. The van der Waals surface area contributed by atoms with E-state index in [0.29, 0.717) is 17.4 Å². The topological polar surface area (TPSA) is 35.2 Å². The van der Waals surface area contributed by atoms with Crippen LogP contribution in [0.4, 0.5) is 0 Å². The molecule has 0 amide bonds. The Morgan fingerprint density at radius 3 is 2.53 bits per heavy atom. The zero-order chi connectivity index (χ0) is 13.1. The van der Waals surface area contributed by atoms with Gasteiger partial charge in [0.15, 0.2) is 0 Å². The lowest BCUT2D eigenvalue weighted by Crippen LogP contribution is -2.38. The van der Waals surface area contributed by atoms with E-state index < -0.39 is 0 Å². The molecule has 0 aliphatic heterocycles. The maximum atomic E-state index is 6.12. The average molecular weight is 241 g/mol. The zero-order valence-corrected chi connectivity index (χ0v) is 12.3. The van der Waals surface area contributed by atoms with Crippen molar-refractivity contribution in [3.8, 4) is 0 Å². The molecule has 2 N–H and O–H groups in total. The van der Waals surface area contributed by atoms with E-state index in [4.69, 9.17) is 10.5 Å². The van der Waals surface area contributed by atoms with Gasteiger partial charge in [-0.15, -0.1) is 0 Å². The number of ether oxygens (including phenoxy) is 1. The zero-order valence-electron chi connectivity index (χ0n) is 12.3. The van der Waals surface area contributed by atoms with Crippen LogP contribution in [0.1, 0.15) is 60.3 Å². The first kappa shape index (κ1) is 15.0. The molecular formula is C15H31NO. The van der Waals surface area contributed by atoms with Crippen LogP contribution in [0.5, 0.6) is 0 Å². The number of hydrogen-bond acceptors (Lipinski definition) is 2. The maximum absolute atomic E-state index is 6.12. The molecule has 17 heavy (non-hydrogen) atoms. The minimum Gasteiger partial charge on any atom is -0.377 e. The van der Waals surface area contributed by atoms with Crippen molar-refractivity contribution in [3.05, 3.63) is 0 Å². The molecule has 2 nitrogen and oxygen atoms in total. The van der Waals surface area contributed by atoms with E-state index in [9.17, 15) is 0 Å². The van der Waals surface area contributed by atoms with E-state index in [-0.39, 0.29) is 6.04 Å². The molecule has 1 aliphatic carbocycles. The van der Waals surface area contributed by atoms with Gasteiger partial charge < -0.3 is 10.5 Å². The van der Waals surface area contributed by atoms with Crippen molar-refractivity contribution >= 4 is 0 Å². The fourth-order valence-electron chi connectivity index (χ4n) is 3.10. The smallest absolute Gasteiger partial charge is 0.0623 e. The summed E-state index contributed by atoms with van der Waals surface area (Å²) in [5.74, 6) is 1.34. The molecule has 1 fully saturated rings. The summed E-state index contributed by atoms with van der Waals surface area (Å²) in [5.41, 5.74) is 6.56. The van der Waals surface area contributed by atoms with Gasteiger partial charge in [0.05, 0.1) is 12.7 Å². The second-order valence-corrected chi connectivity index (χ2v) is 6.92. The first-order valence-electron chi connectivity index (χ1n) is 7.21. The molecule has 0 bridgehead atoms. The van der Waals surface area contributed by atoms with Crippen molar-refractivity contribution in [2.75, 3.05) is 6.61 Å². The van der Waals surface area contributed by atoms with E-state index >= 15 is 0 Å². The molecule has 102 valence electrons. The van der Waals surface area contributed by atoms with Gasteiger partial charge in [0.1, 0.15) is 0 Å². The van der Waals surface area contributed by atoms with Crippen molar-refractivity contribution in [1.29, 1.82) is 0 Å². The average Bonchev–Trinajstić information content (AvgIpc) is 2.22. The molecule has 0 spiro atoms. The third kappa shape index (κ3) is 4.97. The van der Waals surface area contributed by atoms with Crippen LogP contribution in [0.2, 0.25) is 0 Å². The largest absolute Gasteiger partial charge is 0.377 e. The molecular weight excluding hydrogens is 210 g/mol. The van der Waals surface area contributed by atoms with Crippen LogP contribution in [0.3, 0.4) is 0 Å². The normalized spacial score (nSPS) is 32.1. The van der Waals surface area contributed by atoms with Crippen LogP contribution >= 0.6 is 0 Å². The van der Waals surface area contributed by atoms with E-state index in [0.717, 1.165) is 18.9 Å². The first-order valence-corrected chi connectivity index (χ1v) is 7.21. The molecule has 1 aliphatic rings. The highest BCUT2D eigenvalue weighted by molar-refractivity contribution is 4.83. The Morgan fingerprint density at radius 1 is 1.35 bits per heavy atom. The molecule has 0 saturated heterocycles. The van der Waals surface area contributed by atoms with E-state index in [1.165, 1.54) is 19.3 Å². The summed E-state index contributed by atoms with van der Waals surface area (Å²) in [6, 6.07) is 0.195. The SMILES string of the molecule is CCC(C)C(N)COC1CC(C)CC(C)(C)C1. The van der Waals surface area contributed by atoms with Gasteiger partial charge in [-0.05, 0) is 36.5 Å². The van der Waals surface area contributed by atoms with Crippen molar-refractivity contribution in [2.24, 2.45) is 23.0 Å². The van der Waals surface area contributed by atoms with Crippen LogP contribution in [0.15, 0.2) is 0 Å². The van der Waals surface area contributed by atoms with Gasteiger partial charge in [0.2, 0.25) is 0 Å². The molecule has 1 saturated carbocycles. The molecule has 1 rings (SSSR count). The van der Waals surface area contributed by atoms with Gasteiger partial charge in [0.25, 0.3) is 0 Å². The Kier molecular flexibility index (Phi) is 5.46. The third-order valence-corrected chi connectivity index (χ3v) is 4.25. The van der Waals surface area contributed by atoms with Crippen LogP contribution in [0, 0.1) is 17.3 Å². The summed E-state index contributed by atoms with van der Waals surface area (Å²) in [4.78, 5) is 0. The number of rotatable bonds is 5. The van der Waals surface area contributed by atoms with Crippen molar-refractivity contribution < 1.29 is 4.74 Å². The highest BCUT2D eigenvalue weighted by atomic mass is 16.5. The fourth-order valence-corrected chi connectivity index (χ4v) is 3.10. The summed E-state index contributed by atoms with van der Waals surface area (Å²) in [6.07, 6.45) is 5.27. The summed E-state index contributed by atoms with van der Waals surface area (Å²) < 4.78 is 6.05. The predicted molar refractivity (Wildman–Crippen MR) is 74.0 cm³/mol. The molecule has 0 aromatic carbocycles. The van der Waals surface area contributed by atoms with Crippen molar-refractivity contribution in [1.82, 2.24) is 0 Å². The lowest BCUT2D eigenvalue weighted by Gasteiger charge is -2.39. The molecule has 0 radical (unpaired) electrons. The van der Waals surface area contributed by atoms with Gasteiger partial charge in [-0.1, -0.05) is 41.0 Å². The van der Waals surface area contributed by atoms with Crippen LogP contribution < -0.4 is 5.73 Å². The van der Waals surface area contributed by atoms with Gasteiger partial charge in [-0.2, -0.15) is 0 Å². The molecule has 2 heteroatoms. The molecule has 4 atom stereocenters. The van der Waals surface area contributed by atoms with Gasteiger partial charge >= 0.3 is 0 Å².